The van der Waals surface area contributed by atoms with Gasteiger partial charge in [0, 0.05) is 11.1 Å². The molecule has 0 bridgehead atoms. The molecule has 0 unspecified atom stereocenters. The number of hydrogen-bond acceptors (Lipinski definition) is 3. The molecular weight excluding hydrogens is 192 g/mol. The first-order valence-corrected chi connectivity index (χ1v) is 5.19. The summed E-state index contributed by atoms with van der Waals surface area (Å²) in [4.78, 5) is 0. The van der Waals surface area contributed by atoms with Crippen LogP contribution in [0.25, 0.3) is 0 Å². The Morgan fingerprint density at radius 1 is 1.07 bits per heavy atom. The van der Waals surface area contributed by atoms with Crippen molar-refractivity contribution in [3.05, 3.63) is 23.3 Å². The van der Waals surface area contributed by atoms with Crippen molar-refractivity contribution in [2.24, 2.45) is 5.92 Å². The van der Waals surface area contributed by atoms with Crippen LogP contribution in [0.5, 0.6) is 11.5 Å². The molecule has 0 saturated heterocycles. The lowest BCUT2D eigenvalue weighted by atomic mass is 9.97. The molecule has 0 atom stereocenters. The number of phenols is 2. The third kappa shape index (κ3) is 2.86. The molecule has 0 heterocycles. The minimum absolute atomic E-state index is 0.0501. The van der Waals surface area contributed by atoms with Gasteiger partial charge in [0.15, 0.2) is 0 Å². The van der Waals surface area contributed by atoms with Crippen molar-refractivity contribution in [1.29, 1.82) is 0 Å². The highest BCUT2D eigenvalue weighted by molar-refractivity contribution is 5.47. The Morgan fingerprint density at radius 3 is 2.07 bits per heavy atom. The molecule has 0 amide bonds. The number of phenolic OH excluding ortho intramolecular Hbond substituents is 1. The fourth-order valence-corrected chi connectivity index (χ4v) is 1.56. The number of hydrogen-bond donors (Lipinski definition) is 3. The lowest BCUT2D eigenvalue weighted by Crippen LogP contribution is -1.98. The molecule has 0 aromatic heterocycles. The standard InChI is InChI=1S/C12H18O3/c1-8(2)3-4-9-10(7-13)12(15)6-5-11(9)14/h5-6,8,13-15H,3-4,7H2,1-2H3. The molecule has 15 heavy (non-hydrogen) atoms. The number of aliphatic hydroxyl groups excluding tert-OH is 1. The number of aliphatic hydroxyl groups is 1. The van der Waals surface area contributed by atoms with E-state index >= 15 is 0 Å². The van der Waals surface area contributed by atoms with Gasteiger partial charge in [0.25, 0.3) is 0 Å². The first-order chi connectivity index (χ1) is 7.06. The predicted molar refractivity (Wildman–Crippen MR) is 58.9 cm³/mol. The first-order valence-electron chi connectivity index (χ1n) is 5.19. The second kappa shape index (κ2) is 5.03. The topological polar surface area (TPSA) is 60.7 Å². The van der Waals surface area contributed by atoms with Crippen LogP contribution in [0.4, 0.5) is 0 Å². The zero-order valence-electron chi connectivity index (χ0n) is 9.20. The predicted octanol–water partition coefficient (Wildman–Crippen LogP) is 2.18. The molecule has 0 radical (unpaired) electrons. The molecule has 3 heteroatoms. The molecule has 1 rings (SSSR count). The second-order valence-corrected chi connectivity index (χ2v) is 4.15. The largest absolute Gasteiger partial charge is 0.508 e. The van der Waals surface area contributed by atoms with Crippen molar-refractivity contribution in [2.45, 2.75) is 33.3 Å². The summed E-state index contributed by atoms with van der Waals surface area (Å²) in [5.74, 6) is 0.727. The van der Waals surface area contributed by atoms with Gasteiger partial charge in [0.2, 0.25) is 0 Å². The summed E-state index contributed by atoms with van der Waals surface area (Å²) in [6.07, 6.45) is 1.60. The van der Waals surface area contributed by atoms with Crippen molar-refractivity contribution in [2.75, 3.05) is 0 Å². The van der Waals surface area contributed by atoms with Gasteiger partial charge in [-0.1, -0.05) is 13.8 Å². The maximum absolute atomic E-state index is 9.64. The van der Waals surface area contributed by atoms with E-state index in [1.165, 1.54) is 12.1 Å². The molecule has 0 aliphatic carbocycles. The van der Waals surface area contributed by atoms with Crippen LogP contribution in [0.1, 0.15) is 31.4 Å². The highest BCUT2D eigenvalue weighted by Gasteiger charge is 2.12. The van der Waals surface area contributed by atoms with E-state index in [2.05, 4.69) is 13.8 Å². The SMILES string of the molecule is CC(C)CCc1c(O)ccc(O)c1CO. The summed E-state index contributed by atoms with van der Waals surface area (Å²) < 4.78 is 0. The fraction of sp³-hybridized carbons (Fsp3) is 0.500. The van der Waals surface area contributed by atoms with Crippen molar-refractivity contribution in [3.63, 3.8) is 0 Å². The third-order valence-electron chi connectivity index (χ3n) is 2.51. The van der Waals surface area contributed by atoms with Gasteiger partial charge in [0.05, 0.1) is 6.61 Å². The Hall–Kier alpha value is -1.22. The molecule has 3 N–H and O–H groups in total. The second-order valence-electron chi connectivity index (χ2n) is 4.15. The van der Waals surface area contributed by atoms with Crippen LogP contribution in [0.2, 0.25) is 0 Å². The lowest BCUT2D eigenvalue weighted by Gasteiger charge is -2.12. The smallest absolute Gasteiger partial charge is 0.121 e. The minimum atomic E-state index is -0.242. The Kier molecular flexibility index (Phi) is 3.97. The lowest BCUT2D eigenvalue weighted by molar-refractivity contribution is 0.272. The van der Waals surface area contributed by atoms with E-state index < -0.39 is 0 Å². The van der Waals surface area contributed by atoms with E-state index in [0.717, 1.165) is 6.42 Å². The van der Waals surface area contributed by atoms with Crippen LogP contribution in [0.3, 0.4) is 0 Å². The van der Waals surface area contributed by atoms with Crippen LogP contribution in [-0.4, -0.2) is 15.3 Å². The highest BCUT2D eigenvalue weighted by atomic mass is 16.3. The van der Waals surface area contributed by atoms with Gasteiger partial charge in [0.1, 0.15) is 11.5 Å². The molecule has 0 spiro atoms. The van der Waals surface area contributed by atoms with Gasteiger partial charge in [-0.2, -0.15) is 0 Å². The summed E-state index contributed by atoms with van der Waals surface area (Å²) >= 11 is 0. The van der Waals surface area contributed by atoms with Gasteiger partial charge >= 0.3 is 0 Å². The van der Waals surface area contributed by atoms with E-state index in [1.807, 2.05) is 0 Å². The van der Waals surface area contributed by atoms with E-state index in [4.69, 9.17) is 5.11 Å². The number of aromatic hydroxyl groups is 2. The van der Waals surface area contributed by atoms with Gasteiger partial charge in [-0.25, -0.2) is 0 Å². The maximum atomic E-state index is 9.64. The zero-order chi connectivity index (χ0) is 11.4. The van der Waals surface area contributed by atoms with Crippen LogP contribution >= 0.6 is 0 Å². The Labute approximate surface area is 90.0 Å². The molecule has 0 fully saturated rings. The van der Waals surface area contributed by atoms with Crippen molar-refractivity contribution >= 4 is 0 Å². The van der Waals surface area contributed by atoms with Crippen LogP contribution in [0, 0.1) is 5.92 Å². The Morgan fingerprint density at radius 2 is 1.60 bits per heavy atom. The van der Waals surface area contributed by atoms with E-state index in [0.29, 0.717) is 23.5 Å². The van der Waals surface area contributed by atoms with Crippen molar-refractivity contribution in [1.82, 2.24) is 0 Å². The van der Waals surface area contributed by atoms with Gasteiger partial charge < -0.3 is 15.3 Å². The molecule has 0 saturated carbocycles. The van der Waals surface area contributed by atoms with Crippen molar-refractivity contribution in [3.8, 4) is 11.5 Å². The summed E-state index contributed by atoms with van der Waals surface area (Å²) in [7, 11) is 0. The van der Waals surface area contributed by atoms with Crippen molar-refractivity contribution < 1.29 is 15.3 Å². The summed E-state index contributed by atoms with van der Waals surface area (Å²) in [6, 6.07) is 2.86. The number of rotatable bonds is 4. The summed E-state index contributed by atoms with van der Waals surface area (Å²) in [5.41, 5.74) is 1.10. The average Bonchev–Trinajstić information content (AvgIpc) is 2.19. The van der Waals surface area contributed by atoms with E-state index in [1.54, 1.807) is 0 Å². The van der Waals surface area contributed by atoms with Crippen LogP contribution in [-0.2, 0) is 13.0 Å². The van der Waals surface area contributed by atoms with E-state index in [9.17, 15) is 10.2 Å². The van der Waals surface area contributed by atoms with Crippen LogP contribution in [0.15, 0.2) is 12.1 Å². The monoisotopic (exact) mass is 210 g/mol. The average molecular weight is 210 g/mol. The summed E-state index contributed by atoms with van der Waals surface area (Å²) in [5, 5.41) is 28.3. The maximum Gasteiger partial charge on any atom is 0.121 e. The molecule has 0 aliphatic heterocycles. The molecule has 1 aromatic carbocycles. The normalized spacial score (nSPS) is 10.9. The quantitative estimate of drug-likeness (QED) is 0.667. The Bertz CT molecular complexity index is 332. The van der Waals surface area contributed by atoms with Gasteiger partial charge in [-0.3, -0.25) is 0 Å². The molecule has 0 aliphatic rings. The minimum Gasteiger partial charge on any atom is -0.508 e. The van der Waals surface area contributed by atoms with Crippen LogP contribution < -0.4 is 0 Å². The first kappa shape index (κ1) is 11.9. The highest BCUT2D eigenvalue weighted by Crippen LogP contribution is 2.30. The van der Waals surface area contributed by atoms with E-state index in [-0.39, 0.29) is 18.1 Å². The zero-order valence-corrected chi connectivity index (χ0v) is 9.20. The van der Waals surface area contributed by atoms with Gasteiger partial charge in [-0.15, -0.1) is 0 Å². The Balaban J connectivity index is 2.97. The molecule has 3 nitrogen and oxygen atoms in total. The van der Waals surface area contributed by atoms with Gasteiger partial charge in [-0.05, 0) is 30.9 Å². The molecule has 84 valence electrons. The third-order valence-corrected chi connectivity index (χ3v) is 2.51. The molecule has 1 aromatic rings. The molecular formula is C12H18O3. The number of benzene rings is 1. The summed E-state index contributed by atoms with van der Waals surface area (Å²) in [6.45, 7) is 3.95. The fourth-order valence-electron chi connectivity index (χ4n) is 1.56.